The molecule has 1 heteroatoms. The summed E-state index contributed by atoms with van der Waals surface area (Å²) in [6.45, 7) is 2.32. The van der Waals surface area contributed by atoms with Crippen LogP contribution in [0, 0.1) is 5.92 Å². The Morgan fingerprint density at radius 1 is 0.870 bits per heavy atom. The average Bonchev–Trinajstić information content (AvgIpc) is 2.60. The van der Waals surface area contributed by atoms with Crippen LogP contribution in [0.1, 0.15) is 13.3 Å². The molecule has 0 spiro atoms. The zero-order chi connectivity index (χ0) is 15.8. The molecule has 114 valence electrons. The average molecular weight is 299 g/mol. The topological polar surface area (TPSA) is 3.24 Å². The number of hydrogen-bond acceptors (Lipinski definition) is 1. The zero-order valence-corrected chi connectivity index (χ0v) is 13.7. The highest BCUT2D eigenvalue weighted by molar-refractivity contribution is 5.96. The Morgan fingerprint density at radius 3 is 2.52 bits per heavy atom. The molecule has 0 amide bonds. The van der Waals surface area contributed by atoms with Gasteiger partial charge in [-0.1, -0.05) is 73.7 Å². The van der Waals surface area contributed by atoms with Crippen molar-refractivity contribution in [1.29, 1.82) is 0 Å². The minimum Gasteiger partial charge on any atom is -0.347 e. The Morgan fingerprint density at radius 2 is 1.61 bits per heavy atom. The summed E-state index contributed by atoms with van der Waals surface area (Å²) in [5.74, 6) is 0.522. The van der Waals surface area contributed by atoms with Gasteiger partial charge in [-0.25, -0.2) is 0 Å². The first-order valence-corrected chi connectivity index (χ1v) is 8.26. The highest BCUT2D eigenvalue weighted by atomic mass is 15.1. The van der Waals surface area contributed by atoms with Crippen molar-refractivity contribution in [1.82, 2.24) is 0 Å². The lowest BCUT2D eigenvalue weighted by Crippen LogP contribution is -2.38. The molecular formula is C22H21N. The number of hydrogen-bond donors (Lipinski definition) is 0. The molecule has 0 fully saturated rings. The van der Waals surface area contributed by atoms with Crippen LogP contribution in [0.4, 0.5) is 5.69 Å². The van der Waals surface area contributed by atoms with Crippen LogP contribution in [-0.2, 0) is 0 Å². The molecular weight excluding hydrogens is 278 g/mol. The lowest BCUT2D eigenvalue weighted by Gasteiger charge is -2.30. The lowest BCUT2D eigenvalue weighted by atomic mass is 9.93. The Bertz CT molecular complexity index is 979. The smallest absolute Gasteiger partial charge is 0.0485 e. The zero-order valence-electron chi connectivity index (χ0n) is 13.7. The largest absolute Gasteiger partial charge is 0.347 e. The van der Waals surface area contributed by atoms with Crippen molar-refractivity contribution >= 4 is 28.2 Å². The monoisotopic (exact) mass is 299 g/mol. The van der Waals surface area contributed by atoms with Gasteiger partial charge < -0.3 is 4.90 Å². The fourth-order valence-corrected chi connectivity index (χ4v) is 3.73. The summed E-state index contributed by atoms with van der Waals surface area (Å²) in [6.07, 6.45) is 3.46. The van der Waals surface area contributed by atoms with E-state index in [1.165, 1.54) is 32.6 Å². The van der Waals surface area contributed by atoms with Crippen LogP contribution in [0.2, 0.25) is 0 Å². The van der Waals surface area contributed by atoms with Gasteiger partial charge in [0.05, 0.1) is 0 Å². The van der Waals surface area contributed by atoms with Crippen molar-refractivity contribution < 1.29 is 0 Å². The van der Waals surface area contributed by atoms with Crippen LogP contribution < -0.4 is 15.3 Å². The number of benzene rings is 3. The van der Waals surface area contributed by atoms with Gasteiger partial charge >= 0.3 is 0 Å². The third-order valence-electron chi connectivity index (χ3n) is 4.88. The van der Waals surface area contributed by atoms with Gasteiger partial charge in [0.25, 0.3) is 0 Å². The molecule has 0 radical (unpaired) electrons. The van der Waals surface area contributed by atoms with Gasteiger partial charge in [0.1, 0.15) is 0 Å². The molecule has 1 unspecified atom stereocenters. The molecule has 1 aliphatic rings. The van der Waals surface area contributed by atoms with E-state index >= 15 is 0 Å². The van der Waals surface area contributed by atoms with E-state index in [9.17, 15) is 0 Å². The van der Waals surface area contributed by atoms with Gasteiger partial charge in [-0.2, -0.15) is 0 Å². The van der Waals surface area contributed by atoms with Crippen molar-refractivity contribution in [2.75, 3.05) is 11.9 Å². The summed E-state index contributed by atoms with van der Waals surface area (Å²) >= 11 is 0. The molecule has 23 heavy (non-hydrogen) atoms. The quantitative estimate of drug-likeness (QED) is 0.693. The maximum Gasteiger partial charge on any atom is 0.0485 e. The number of anilines is 1. The van der Waals surface area contributed by atoms with Crippen LogP contribution in [0.15, 0.2) is 66.7 Å². The van der Waals surface area contributed by atoms with Crippen LogP contribution in [0.25, 0.3) is 22.5 Å². The van der Waals surface area contributed by atoms with E-state index in [0.29, 0.717) is 5.92 Å². The Balaban J connectivity index is 1.98. The van der Waals surface area contributed by atoms with Crippen molar-refractivity contribution in [2.45, 2.75) is 13.3 Å². The molecule has 1 aliphatic carbocycles. The maximum absolute atomic E-state index is 2.39. The Labute approximate surface area is 137 Å². The van der Waals surface area contributed by atoms with Gasteiger partial charge in [-0.15, -0.1) is 0 Å². The molecule has 3 aromatic rings. The van der Waals surface area contributed by atoms with Crippen LogP contribution in [0.5, 0.6) is 0 Å². The first-order chi connectivity index (χ1) is 11.3. The second-order valence-corrected chi connectivity index (χ2v) is 6.37. The van der Waals surface area contributed by atoms with Crippen molar-refractivity contribution in [3.63, 3.8) is 0 Å². The van der Waals surface area contributed by atoms with E-state index in [4.69, 9.17) is 0 Å². The molecule has 1 atom stereocenters. The summed E-state index contributed by atoms with van der Waals surface area (Å²) < 4.78 is 0. The van der Waals surface area contributed by atoms with Crippen LogP contribution >= 0.6 is 0 Å². The third kappa shape index (κ3) is 2.33. The van der Waals surface area contributed by atoms with Crippen molar-refractivity contribution in [2.24, 2.45) is 5.92 Å². The summed E-state index contributed by atoms with van der Waals surface area (Å²) in [4.78, 5) is 2.39. The summed E-state index contributed by atoms with van der Waals surface area (Å²) in [5, 5.41) is 5.32. The van der Waals surface area contributed by atoms with Crippen molar-refractivity contribution in [3.05, 3.63) is 77.2 Å². The molecule has 4 rings (SSSR count). The van der Waals surface area contributed by atoms with Gasteiger partial charge in [0.15, 0.2) is 0 Å². The SMILES string of the molecule is CC1CC=c2ccccc2=C1N(C)c1cccc2ccccc12. The van der Waals surface area contributed by atoms with Gasteiger partial charge in [-0.3, -0.25) is 0 Å². The first kappa shape index (κ1) is 14.1. The van der Waals surface area contributed by atoms with Crippen molar-refractivity contribution in [3.8, 4) is 0 Å². The number of rotatable bonds is 2. The van der Waals surface area contributed by atoms with E-state index in [1.807, 2.05) is 0 Å². The second kappa shape index (κ2) is 5.58. The summed E-state index contributed by atoms with van der Waals surface area (Å²) in [6, 6.07) is 23.9. The molecule has 0 saturated carbocycles. The Kier molecular flexibility index (Phi) is 3.42. The molecule has 0 aromatic heterocycles. The van der Waals surface area contributed by atoms with E-state index in [-0.39, 0.29) is 0 Å². The van der Waals surface area contributed by atoms with E-state index in [1.54, 1.807) is 0 Å². The third-order valence-corrected chi connectivity index (χ3v) is 4.88. The van der Waals surface area contributed by atoms with E-state index < -0.39 is 0 Å². The fraction of sp³-hybridized carbons (Fsp3) is 0.182. The molecule has 0 aliphatic heterocycles. The standard InChI is InChI=1S/C22H21N/c1-16-14-15-18-9-4-6-12-20(18)22(16)23(2)21-13-7-10-17-8-3-5-11-19(17)21/h3-13,15-16H,14H2,1-2H3. The molecule has 0 saturated heterocycles. The van der Waals surface area contributed by atoms with E-state index in [0.717, 1.165) is 6.42 Å². The Hall–Kier alpha value is -2.54. The molecule has 1 nitrogen and oxygen atoms in total. The lowest BCUT2D eigenvalue weighted by molar-refractivity contribution is 0.748. The fourth-order valence-electron chi connectivity index (χ4n) is 3.73. The van der Waals surface area contributed by atoms with Crippen LogP contribution in [-0.4, -0.2) is 7.05 Å². The maximum atomic E-state index is 2.39. The predicted molar refractivity (Wildman–Crippen MR) is 99.7 cm³/mol. The highest BCUT2D eigenvalue weighted by Crippen LogP contribution is 2.31. The van der Waals surface area contributed by atoms with Gasteiger partial charge in [0, 0.05) is 35.0 Å². The molecule has 0 heterocycles. The summed E-state index contributed by atoms with van der Waals surface area (Å²) in [7, 11) is 2.20. The predicted octanol–water partition coefficient (Wildman–Crippen LogP) is 3.90. The molecule has 0 bridgehead atoms. The van der Waals surface area contributed by atoms with Crippen LogP contribution in [0.3, 0.4) is 0 Å². The molecule has 0 N–H and O–H groups in total. The minimum absolute atomic E-state index is 0.522. The first-order valence-electron chi connectivity index (χ1n) is 8.26. The van der Waals surface area contributed by atoms with E-state index in [2.05, 4.69) is 91.7 Å². The normalized spacial score (nSPS) is 16.8. The molecule has 3 aromatic carbocycles. The second-order valence-electron chi connectivity index (χ2n) is 6.37. The van der Waals surface area contributed by atoms with Gasteiger partial charge in [-0.05, 0) is 23.1 Å². The number of nitrogens with zero attached hydrogens (tertiary/aromatic N) is 1. The number of fused-ring (bicyclic) bond motifs is 2. The van der Waals surface area contributed by atoms with Gasteiger partial charge in [0.2, 0.25) is 0 Å². The minimum atomic E-state index is 0.522. The highest BCUT2D eigenvalue weighted by Gasteiger charge is 2.19. The summed E-state index contributed by atoms with van der Waals surface area (Å²) in [5.41, 5.74) is 2.70.